The van der Waals surface area contributed by atoms with Gasteiger partial charge >= 0.3 is 0 Å². The van der Waals surface area contributed by atoms with E-state index >= 15 is 0 Å². The van der Waals surface area contributed by atoms with Crippen molar-refractivity contribution in [1.82, 2.24) is 0 Å². The van der Waals surface area contributed by atoms with Gasteiger partial charge in [-0.25, -0.2) is 0 Å². The van der Waals surface area contributed by atoms with Crippen LogP contribution in [0.5, 0.6) is 23.0 Å². The van der Waals surface area contributed by atoms with E-state index in [4.69, 9.17) is 18.5 Å². The first-order valence-corrected chi connectivity index (χ1v) is 31.7. The highest BCUT2D eigenvalue weighted by atomic mass is 31.1. The second-order valence-electron chi connectivity index (χ2n) is 26.0. The van der Waals surface area contributed by atoms with Gasteiger partial charge < -0.3 is 18.5 Å². The fourth-order valence-electron chi connectivity index (χ4n) is 10.6. The minimum absolute atomic E-state index is 0.171. The first-order valence-electron chi connectivity index (χ1n) is 29.2. The zero-order valence-corrected chi connectivity index (χ0v) is 52.1. The molecule has 0 spiro atoms. The summed E-state index contributed by atoms with van der Waals surface area (Å²) in [6, 6.07) is 62.9. The fourth-order valence-corrected chi connectivity index (χ4v) is 14.2. The number of hydrogen-bond acceptors (Lipinski definition) is 4. The summed E-state index contributed by atoms with van der Waals surface area (Å²) in [5.41, 5.74) is 13.6. The van der Waals surface area contributed by atoms with Crippen molar-refractivity contribution < 1.29 is 18.5 Å². The van der Waals surface area contributed by atoms with Gasteiger partial charge in [0.1, 0.15) is 23.0 Å². The molecule has 0 saturated heterocycles. The van der Waals surface area contributed by atoms with E-state index in [0.29, 0.717) is 38.9 Å². The van der Waals surface area contributed by atoms with Gasteiger partial charge in [-0.2, -0.15) is 0 Å². The molecule has 4 nitrogen and oxygen atoms in total. The monoisotopic (exact) mass is 1100 g/mol. The molecule has 8 aromatic carbocycles. The minimum Gasteiger partial charge on any atom is -0.493 e. The van der Waals surface area contributed by atoms with Crippen molar-refractivity contribution in [3.63, 3.8) is 0 Å². The summed E-state index contributed by atoms with van der Waals surface area (Å²) >= 11 is 0. The first-order chi connectivity index (χ1) is 38.1. The zero-order valence-electron chi connectivity index (χ0n) is 50.4. The third-order valence-corrected chi connectivity index (χ3v) is 19.0. The molecular formula is C74H86O4P2. The summed E-state index contributed by atoms with van der Waals surface area (Å²) < 4.78 is 30.3. The number of ether oxygens (including phenoxy) is 2. The van der Waals surface area contributed by atoms with Gasteiger partial charge in [-0.3, -0.25) is 0 Å². The molecular weight excluding hydrogens is 1010 g/mol. The maximum atomic E-state index is 7.92. The van der Waals surface area contributed by atoms with Crippen molar-refractivity contribution >= 4 is 37.5 Å². The number of fused-ring (bicyclic) bond motifs is 8. The van der Waals surface area contributed by atoms with Gasteiger partial charge in [0.05, 0.1) is 13.2 Å². The molecule has 0 unspecified atom stereocenters. The molecule has 9 rings (SSSR count). The second-order valence-corrected chi connectivity index (χ2v) is 29.6. The van der Waals surface area contributed by atoms with Gasteiger partial charge in [0.15, 0.2) is 16.3 Å². The highest BCUT2D eigenvalue weighted by molar-refractivity contribution is 7.69. The van der Waals surface area contributed by atoms with Crippen LogP contribution in [0.2, 0.25) is 0 Å². The summed E-state index contributed by atoms with van der Waals surface area (Å²) in [5.74, 6) is 3.77. The van der Waals surface area contributed by atoms with Gasteiger partial charge in [0, 0.05) is 46.9 Å². The van der Waals surface area contributed by atoms with Crippen molar-refractivity contribution in [2.75, 3.05) is 13.2 Å². The van der Waals surface area contributed by atoms with Crippen LogP contribution in [0.25, 0.3) is 0 Å². The van der Waals surface area contributed by atoms with E-state index in [9.17, 15) is 0 Å². The maximum absolute atomic E-state index is 7.92. The lowest BCUT2D eigenvalue weighted by atomic mass is 9.79. The lowest BCUT2D eigenvalue weighted by Gasteiger charge is -2.30. The van der Waals surface area contributed by atoms with E-state index < -0.39 is 16.3 Å². The summed E-state index contributed by atoms with van der Waals surface area (Å²) in [6.07, 6.45) is 4.17. The molecule has 416 valence electrons. The molecule has 0 radical (unpaired) electrons. The van der Waals surface area contributed by atoms with Crippen molar-refractivity contribution in [2.45, 2.75) is 157 Å². The SMILES string of the molecule is CCCOc1c2cc(C(C)(C)C)cc1Cc1cc(C(C)(C)C)cc(c1OP(c1ccccc1)c1ccccc1)Cc1cc(C(C)(C)C)cc(c1OCCC)Cc1cc(C(C)(C)C)cc(c1OP(c1ccccc1)c1ccccc1)C2. The summed E-state index contributed by atoms with van der Waals surface area (Å²) in [7, 11) is -2.61. The Morgan fingerprint density at radius 3 is 0.688 bits per heavy atom. The van der Waals surface area contributed by atoms with Crippen LogP contribution in [0.4, 0.5) is 0 Å². The number of benzene rings is 8. The predicted octanol–water partition coefficient (Wildman–Crippen LogP) is 18.0. The molecule has 6 heteroatoms. The minimum atomic E-state index is -1.30. The number of hydrogen-bond donors (Lipinski definition) is 0. The van der Waals surface area contributed by atoms with Gasteiger partial charge in [0.25, 0.3) is 0 Å². The van der Waals surface area contributed by atoms with Gasteiger partial charge in [-0.1, -0.05) is 267 Å². The zero-order chi connectivity index (χ0) is 57.0. The Labute approximate surface area is 483 Å². The predicted molar refractivity (Wildman–Crippen MR) is 343 cm³/mol. The van der Waals surface area contributed by atoms with E-state index in [1.165, 1.54) is 22.3 Å². The van der Waals surface area contributed by atoms with Gasteiger partial charge in [-0.15, -0.1) is 0 Å². The Kier molecular flexibility index (Phi) is 17.9. The van der Waals surface area contributed by atoms with Crippen LogP contribution in [0.3, 0.4) is 0 Å². The van der Waals surface area contributed by atoms with Crippen LogP contribution in [0, 0.1) is 0 Å². The Morgan fingerprint density at radius 1 is 0.300 bits per heavy atom. The summed E-state index contributed by atoms with van der Waals surface area (Å²) in [6.45, 7) is 33.7. The highest BCUT2D eigenvalue weighted by Gasteiger charge is 2.32. The largest absolute Gasteiger partial charge is 0.493 e. The maximum Gasteiger partial charge on any atom is 0.150 e. The molecule has 0 atom stereocenters. The molecule has 80 heavy (non-hydrogen) atoms. The molecule has 8 bridgehead atoms. The fraction of sp³-hybridized carbons (Fsp3) is 0.351. The molecule has 1 aliphatic carbocycles. The lowest BCUT2D eigenvalue weighted by Crippen LogP contribution is -2.20. The second kappa shape index (κ2) is 24.5. The highest BCUT2D eigenvalue weighted by Crippen LogP contribution is 2.49. The topological polar surface area (TPSA) is 36.9 Å². The molecule has 0 aromatic heterocycles. The van der Waals surface area contributed by atoms with Crippen LogP contribution in [0.15, 0.2) is 170 Å². The quantitative estimate of drug-likeness (QED) is 0.102. The van der Waals surface area contributed by atoms with Crippen molar-refractivity contribution in [2.24, 2.45) is 0 Å². The summed E-state index contributed by atoms with van der Waals surface area (Å²) in [4.78, 5) is 0. The van der Waals surface area contributed by atoms with Crippen LogP contribution in [-0.4, -0.2) is 13.2 Å². The molecule has 8 aromatic rings. The Hall–Kier alpha value is -6.18. The third-order valence-electron chi connectivity index (χ3n) is 15.2. The van der Waals surface area contributed by atoms with Crippen LogP contribution >= 0.6 is 16.3 Å². The molecule has 1 aliphatic rings. The van der Waals surface area contributed by atoms with Crippen molar-refractivity contribution in [3.05, 3.63) is 237 Å². The molecule has 0 saturated carbocycles. The normalized spacial score (nSPS) is 13.1. The van der Waals surface area contributed by atoms with E-state index in [-0.39, 0.29) is 21.7 Å². The average Bonchev–Trinajstić information content (AvgIpc) is 3.48. The average molecular weight is 1100 g/mol. The number of rotatable bonds is 14. The van der Waals surface area contributed by atoms with E-state index in [1.807, 2.05) is 0 Å². The Morgan fingerprint density at radius 2 is 0.500 bits per heavy atom. The van der Waals surface area contributed by atoms with Gasteiger partial charge in [0.2, 0.25) is 0 Å². The van der Waals surface area contributed by atoms with Crippen molar-refractivity contribution in [1.29, 1.82) is 0 Å². The van der Waals surface area contributed by atoms with Crippen molar-refractivity contribution in [3.8, 4) is 23.0 Å². The molecule has 0 heterocycles. The lowest BCUT2D eigenvalue weighted by molar-refractivity contribution is 0.311. The van der Waals surface area contributed by atoms with E-state index in [2.05, 4.69) is 267 Å². The Balaban J connectivity index is 1.42. The molecule has 0 fully saturated rings. The first kappa shape index (κ1) is 58.5. The molecule has 0 amide bonds. The molecule has 0 aliphatic heterocycles. The van der Waals surface area contributed by atoms with Crippen LogP contribution in [0.1, 0.15) is 177 Å². The summed E-state index contributed by atoms with van der Waals surface area (Å²) in [5, 5.41) is 4.66. The van der Waals surface area contributed by atoms with E-state index in [0.717, 1.165) is 102 Å². The van der Waals surface area contributed by atoms with E-state index in [1.54, 1.807) is 0 Å². The van der Waals surface area contributed by atoms with Crippen LogP contribution < -0.4 is 39.7 Å². The Bertz CT molecular complexity index is 2970. The smallest absolute Gasteiger partial charge is 0.150 e. The third kappa shape index (κ3) is 13.8. The standard InChI is InChI=1S/C74H86O4P2/c1-15-37-75-67-51-39-55-47-61(73(9,10)11)49-57(69(55)77-79(63-29-21-17-22-30-63)64-31-23-18-24-32-64)41-53-45-60(72(6,7)8)46-54(68(53)76-38-16-2)42-58-50-62(74(12,13)14)48-56(40-52(67)44-59(43-51)71(3,4)5)70(58)78-80(65-33-25-19-26-34-65)66-35-27-20-28-36-66/h17-36,43-50H,15-16,37-42H2,1-14H3. The molecule has 0 N–H and O–H groups in total. The van der Waals surface area contributed by atoms with Crippen LogP contribution in [-0.2, 0) is 47.3 Å². The van der Waals surface area contributed by atoms with Gasteiger partial charge in [-0.05, 0) is 101 Å².